The number of benzene rings is 6. The van der Waals surface area contributed by atoms with Crippen molar-refractivity contribution in [1.29, 1.82) is 0 Å². The molecule has 72 heavy (non-hydrogen) atoms. The van der Waals surface area contributed by atoms with Gasteiger partial charge in [0.2, 0.25) is 17.7 Å². The minimum Gasteiger partial charge on any atom is -0.273 e. The topological polar surface area (TPSA) is 98.0 Å². The molecule has 0 atom stereocenters. The Morgan fingerprint density at radius 2 is 0.556 bits per heavy atom. The lowest BCUT2D eigenvalue weighted by molar-refractivity contribution is -0.124. The summed E-state index contributed by atoms with van der Waals surface area (Å²) in [6, 6.07) is 54.4. The van der Waals surface area contributed by atoms with Crippen LogP contribution in [0.2, 0.25) is 0 Å². The van der Waals surface area contributed by atoms with Crippen molar-refractivity contribution < 1.29 is 14.4 Å². The molecular formula is C60H51N6O3P3. The Hall–Kier alpha value is -6.36. The second kappa shape index (κ2) is 13.8. The van der Waals surface area contributed by atoms with E-state index in [-0.39, 0.29) is 17.7 Å². The van der Waals surface area contributed by atoms with Gasteiger partial charge in [0, 0.05) is 41.9 Å². The number of carbonyl (C=O) groups is 3. The zero-order valence-corrected chi connectivity index (χ0v) is 43.2. The highest BCUT2D eigenvalue weighted by Crippen LogP contribution is 3.15. The molecule has 6 aromatic rings. The van der Waals surface area contributed by atoms with E-state index in [2.05, 4.69) is 160 Å². The Morgan fingerprint density at radius 1 is 0.347 bits per heavy atom. The minimum absolute atomic E-state index is 0.114. The number of hydrogen-bond donors (Lipinski definition) is 0. The predicted octanol–water partition coefficient (Wildman–Crippen LogP) is 13.2. The highest BCUT2D eigenvalue weighted by Gasteiger charge is 2.92. The Bertz CT molecular complexity index is 3380. The lowest BCUT2D eigenvalue weighted by atomic mass is 10.1. The van der Waals surface area contributed by atoms with Crippen molar-refractivity contribution in [3.63, 3.8) is 0 Å². The fraction of sp³-hybridized carbons (Fsp3) is 0.250. The molecule has 3 saturated carbocycles. The van der Waals surface area contributed by atoms with Gasteiger partial charge in [0.1, 0.15) is 14.7 Å². The molecule has 6 spiro atoms. The Kier molecular flexibility index (Phi) is 8.09. The Labute approximate surface area is 419 Å². The van der Waals surface area contributed by atoms with Crippen molar-refractivity contribution in [3.05, 3.63) is 179 Å². The summed E-state index contributed by atoms with van der Waals surface area (Å²) in [5.41, 5.74) is 16.6. The van der Waals surface area contributed by atoms with E-state index in [0.29, 0.717) is 0 Å². The van der Waals surface area contributed by atoms with Crippen LogP contribution in [0.3, 0.4) is 0 Å². The van der Waals surface area contributed by atoms with Gasteiger partial charge in [-0.2, -0.15) is 15.3 Å². The summed E-state index contributed by atoms with van der Waals surface area (Å²) in [5, 5.41) is 21.6. The number of hydrazone groups is 3. The molecule has 16 rings (SSSR count). The molecule has 6 aromatic carbocycles. The molecule has 0 bridgehead atoms. The van der Waals surface area contributed by atoms with Gasteiger partial charge in [-0.1, -0.05) is 146 Å². The summed E-state index contributed by atoms with van der Waals surface area (Å²) in [5.74, 6) is -0.342. The molecule has 9 nitrogen and oxygen atoms in total. The maximum Gasteiger partial charge on any atom is 0.242 e. The van der Waals surface area contributed by atoms with E-state index in [9.17, 15) is 0 Å². The maximum atomic E-state index is 16.3. The number of hydrogen-bond acceptors (Lipinski definition) is 6. The molecule has 10 aliphatic rings. The van der Waals surface area contributed by atoms with E-state index in [1.54, 1.807) is 20.8 Å². The van der Waals surface area contributed by atoms with Crippen LogP contribution < -0.4 is 0 Å². The van der Waals surface area contributed by atoms with Gasteiger partial charge in [0.15, 0.2) is 0 Å². The highest BCUT2D eigenvalue weighted by atomic mass is 31.3. The summed E-state index contributed by atoms with van der Waals surface area (Å²) in [6.45, 7) is 5.25. The largest absolute Gasteiger partial charge is 0.273 e. The van der Waals surface area contributed by atoms with Gasteiger partial charge in [-0.3, -0.25) is 14.4 Å². The SMILES string of the molecule is CC(=O)N1N=C2CCCC2=P12C1(c3ccccc3-c3ccccc31)P1(=C3CCCC3=NN1C(C)=O)C1(c3ccccc3-c3ccccc31)P1(=C3CCCC3=NN1C(C)=O)C21c2ccccc2-c2ccccc21. The standard InChI is InChI=1S/C60H51N6O3P3/c1-37(67)64-61-52-31-16-34-55(52)70(64)58(46-25-10-4-19-40(46)41-20-5-11-26-47(41)58)71(56-35-17-32-53(56)62-65(71)38(2)68)60(50-29-14-8-23-44(50)45-24-9-15-30-51(45)60)72(57-36-18-33-54(57)63-66(72)39(3)69)59(70)48-27-12-6-21-42(48)43-22-7-13-28-49(43)59/h4-15,19-30H,16-18,31-36H2,1-3H3. The monoisotopic (exact) mass is 996 g/mol. The van der Waals surface area contributed by atoms with Crippen molar-refractivity contribution in [2.45, 2.75) is 93.3 Å². The number of nitrogens with zero attached hydrogens (tertiary/aromatic N) is 6. The van der Waals surface area contributed by atoms with E-state index in [1.165, 1.54) is 15.9 Å². The van der Waals surface area contributed by atoms with Crippen molar-refractivity contribution in [3.8, 4) is 33.4 Å². The van der Waals surface area contributed by atoms with Crippen LogP contribution in [0.4, 0.5) is 0 Å². The number of rotatable bonds is 0. The van der Waals surface area contributed by atoms with Crippen LogP contribution in [0.1, 0.15) is 112 Å². The second-order valence-corrected chi connectivity index (χ2v) is 32.8. The van der Waals surface area contributed by atoms with Crippen LogP contribution in [0.25, 0.3) is 33.4 Å². The summed E-state index contributed by atoms with van der Waals surface area (Å²) >= 11 is 0. The fourth-order valence-electron chi connectivity index (χ4n) is 17.2. The molecule has 1 saturated heterocycles. The third kappa shape index (κ3) is 3.94. The Morgan fingerprint density at radius 3 is 0.764 bits per heavy atom. The van der Waals surface area contributed by atoms with Crippen LogP contribution in [0, 0.1) is 0 Å². The molecule has 0 unspecified atom stereocenters. The number of carbonyl (C=O) groups excluding carboxylic acids is 3. The molecule has 0 radical (unpaired) electrons. The summed E-state index contributed by atoms with van der Waals surface area (Å²) in [7, 11) is -11.6. The molecule has 4 fully saturated rings. The lowest BCUT2D eigenvalue weighted by Gasteiger charge is -2.76. The van der Waals surface area contributed by atoms with Gasteiger partial charge in [-0.25, -0.2) is 14.3 Å². The summed E-state index contributed by atoms with van der Waals surface area (Å²) < 4.78 is 6.36. The number of fused-ring (bicyclic) bond motifs is 24. The average molecular weight is 997 g/mol. The lowest BCUT2D eigenvalue weighted by Crippen LogP contribution is -2.60. The van der Waals surface area contributed by atoms with E-state index >= 15 is 14.4 Å². The summed E-state index contributed by atoms with van der Waals surface area (Å²) in [6.07, 6.45) is 7.07. The van der Waals surface area contributed by atoms with Crippen molar-refractivity contribution in [2.24, 2.45) is 15.3 Å². The van der Waals surface area contributed by atoms with Crippen LogP contribution in [0.5, 0.6) is 0 Å². The van der Waals surface area contributed by atoms with Gasteiger partial charge in [0.25, 0.3) is 0 Å². The zero-order valence-electron chi connectivity index (χ0n) is 40.5. The first-order valence-corrected chi connectivity index (χ1v) is 31.0. The summed E-state index contributed by atoms with van der Waals surface area (Å²) in [4.78, 5) is 45.4. The fourth-order valence-corrected chi connectivity index (χ4v) is 47.0. The first-order chi connectivity index (χ1) is 35.2. The third-order valence-electron chi connectivity index (χ3n) is 18.5. The molecule has 3 amide bonds. The zero-order chi connectivity index (χ0) is 48.3. The van der Waals surface area contributed by atoms with Gasteiger partial charge < -0.3 is 0 Å². The van der Waals surface area contributed by atoms with Crippen LogP contribution >= 0.6 is 21.1 Å². The van der Waals surface area contributed by atoms with E-state index in [0.717, 1.165) is 142 Å². The molecule has 4 aliphatic heterocycles. The normalized spacial score (nSPS) is 26.8. The van der Waals surface area contributed by atoms with Crippen molar-refractivity contribution in [2.75, 3.05) is 0 Å². The predicted molar refractivity (Wildman–Crippen MR) is 295 cm³/mol. The van der Waals surface area contributed by atoms with Gasteiger partial charge in [-0.05, 0) is 140 Å². The highest BCUT2D eigenvalue weighted by molar-refractivity contribution is 8.10. The second-order valence-electron chi connectivity index (χ2n) is 21.2. The smallest absolute Gasteiger partial charge is 0.242 e. The van der Waals surface area contributed by atoms with Crippen LogP contribution in [-0.2, 0) is 29.1 Å². The van der Waals surface area contributed by atoms with Crippen LogP contribution in [0.15, 0.2) is 161 Å². The van der Waals surface area contributed by atoms with E-state index in [1.807, 2.05) is 0 Å². The first-order valence-electron chi connectivity index (χ1n) is 25.8. The van der Waals surface area contributed by atoms with E-state index < -0.39 is 35.8 Å². The Balaban J connectivity index is 1.38. The minimum atomic E-state index is -3.86. The third-order valence-corrected chi connectivity index (χ3v) is 38.8. The molecule has 4 heterocycles. The van der Waals surface area contributed by atoms with Gasteiger partial charge in [0.05, 0.1) is 17.1 Å². The molecule has 0 N–H and O–H groups in total. The quantitative estimate of drug-likeness (QED) is 0.142. The number of amides is 3. The first kappa shape index (κ1) is 42.2. The van der Waals surface area contributed by atoms with Crippen LogP contribution in [-0.4, -0.2) is 65.1 Å². The molecule has 0 aromatic heterocycles. The van der Waals surface area contributed by atoms with Crippen molar-refractivity contribution in [1.82, 2.24) is 14.3 Å². The van der Waals surface area contributed by atoms with Gasteiger partial charge in [-0.15, -0.1) is 0 Å². The molecule has 12 heteroatoms. The average Bonchev–Trinajstić information content (AvgIpc) is 4.33. The molecule has 6 aliphatic carbocycles. The van der Waals surface area contributed by atoms with Crippen molar-refractivity contribution >= 4 is 71.8 Å². The molecular weight excluding hydrogens is 946 g/mol. The van der Waals surface area contributed by atoms with E-state index in [4.69, 9.17) is 15.3 Å². The van der Waals surface area contributed by atoms with Gasteiger partial charge >= 0.3 is 0 Å². The maximum absolute atomic E-state index is 16.3. The molecule has 354 valence electrons.